The van der Waals surface area contributed by atoms with Crippen molar-refractivity contribution in [3.63, 3.8) is 0 Å². The molecule has 1 aliphatic rings. The van der Waals surface area contributed by atoms with E-state index in [0.717, 1.165) is 16.7 Å². The van der Waals surface area contributed by atoms with Crippen LogP contribution in [0.2, 0.25) is 0 Å². The van der Waals surface area contributed by atoms with E-state index in [-0.39, 0.29) is 11.6 Å². The second-order valence-electron chi connectivity index (χ2n) is 5.98. The van der Waals surface area contributed by atoms with E-state index in [4.69, 9.17) is 0 Å². The lowest BCUT2D eigenvalue weighted by Crippen LogP contribution is -2.22. The number of hydrogen-bond acceptors (Lipinski definition) is 2. The molecule has 2 nitrogen and oxygen atoms in total. The average Bonchev–Trinajstić information content (AvgIpc) is 2.65. The van der Waals surface area contributed by atoms with Gasteiger partial charge in [0.25, 0.3) is 0 Å². The van der Waals surface area contributed by atoms with Crippen molar-refractivity contribution in [3.05, 3.63) is 94.5 Å². The molecule has 0 radical (unpaired) electrons. The first-order chi connectivity index (χ1) is 11.7. The highest BCUT2D eigenvalue weighted by Crippen LogP contribution is 2.33. The summed E-state index contributed by atoms with van der Waals surface area (Å²) >= 11 is 0. The summed E-state index contributed by atoms with van der Waals surface area (Å²) in [6.07, 6.45) is 0.712. The first-order valence-electron chi connectivity index (χ1n) is 8.11. The molecule has 1 aliphatic carbocycles. The van der Waals surface area contributed by atoms with E-state index in [2.05, 4.69) is 0 Å². The fraction of sp³-hybridized carbons (Fsp3) is 0.0909. The minimum Gasteiger partial charge on any atom is -0.289 e. The number of aryl methyl sites for hydroxylation is 1. The molecule has 0 amide bonds. The van der Waals surface area contributed by atoms with Gasteiger partial charge in [-0.2, -0.15) is 0 Å². The van der Waals surface area contributed by atoms with Crippen LogP contribution in [0.4, 0.5) is 0 Å². The monoisotopic (exact) mass is 312 g/mol. The Labute approximate surface area is 140 Å². The number of carbonyl (C=O) groups is 2. The summed E-state index contributed by atoms with van der Waals surface area (Å²) in [5.41, 5.74) is 5.07. The Kier molecular flexibility index (Phi) is 3.39. The first-order valence-corrected chi connectivity index (χ1v) is 8.11. The molecule has 0 aliphatic heterocycles. The maximum atomic E-state index is 13.0. The molecule has 0 saturated carbocycles. The van der Waals surface area contributed by atoms with Gasteiger partial charge >= 0.3 is 0 Å². The van der Waals surface area contributed by atoms with Gasteiger partial charge in [0.2, 0.25) is 0 Å². The number of rotatable bonds is 2. The predicted octanol–water partition coefficient (Wildman–Crippen LogP) is 4.69. The van der Waals surface area contributed by atoms with Gasteiger partial charge in [-0.15, -0.1) is 0 Å². The van der Waals surface area contributed by atoms with Gasteiger partial charge < -0.3 is 0 Å². The van der Waals surface area contributed by atoms with Crippen LogP contribution in [0.1, 0.15) is 44.3 Å². The van der Waals surface area contributed by atoms with Crippen LogP contribution in [-0.2, 0) is 6.42 Å². The molecule has 116 valence electrons. The Morgan fingerprint density at radius 3 is 1.96 bits per heavy atom. The van der Waals surface area contributed by atoms with E-state index in [9.17, 15) is 9.59 Å². The quantitative estimate of drug-likeness (QED) is 0.538. The van der Waals surface area contributed by atoms with Gasteiger partial charge in [-0.05, 0) is 29.2 Å². The molecule has 0 bridgehead atoms. The average molecular weight is 312 g/mol. The Morgan fingerprint density at radius 2 is 1.29 bits per heavy atom. The molecular formula is C22H16O2. The maximum Gasteiger partial charge on any atom is 0.194 e. The van der Waals surface area contributed by atoms with Crippen molar-refractivity contribution < 1.29 is 9.59 Å². The summed E-state index contributed by atoms with van der Waals surface area (Å²) in [5, 5.41) is 0. The Balaban J connectivity index is 1.99. The number of carbonyl (C=O) groups excluding carboxylic acids is 2. The molecule has 0 heterocycles. The van der Waals surface area contributed by atoms with E-state index in [1.54, 1.807) is 24.3 Å². The van der Waals surface area contributed by atoms with Crippen LogP contribution in [0.25, 0.3) is 11.1 Å². The van der Waals surface area contributed by atoms with Crippen LogP contribution >= 0.6 is 0 Å². The summed E-state index contributed by atoms with van der Waals surface area (Å²) in [6, 6.07) is 20.9. The van der Waals surface area contributed by atoms with E-state index in [1.807, 2.05) is 49.4 Å². The highest BCUT2D eigenvalue weighted by atomic mass is 16.1. The Hall–Kier alpha value is -3.00. The molecule has 2 heteroatoms. The van der Waals surface area contributed by atoms with Gasteiger partial charge in [-0.25, -0.2) is 0 Å². The van der Waals surface area contributed by atoms with Gasteiger partial charge in [0, 0.05) is 22.3 Å². The van der Waals surface area contributed by atoms with Crippen molar-refractivity contribution in [2.45, 2.75) is 13.3 Å². The molecule has 0 N–H and O–H groups in total. The van der Waals surface area contributed by atoms with Crippen molar-refractivity contribution in [2.24, 2.45) is 0 Å². The third kappa shape index (κ3) is 2.11. The molecule has 4 rings (SSSR count). The normalized spacial score (nSPS) is 12.7. The van der Waals surface area contributed by atoms with Crippen molar-refractivity contribution in [1.29, 1.82) is 0 Å². The van der Waals surface area contributed by atoms with E-state index < -0.39 is 0 Å². The second-order valence-corrected chi connectivity index (χ2v) is 5.98. The van der Waals surface area contributed by atoms with Gasteiger partial charge in [0.15, 0.2) is 11.6 Å². The largest absolute Gasteiger partial charge is 0.289 e. The second kappa shape index (κ2) is 5.57. The summed E-state index contributed by atoms with van der Waals surface area (Å²) in [6.45, 7) is 2.02. The van der Waals surface area contributed by atoms with Gasteiger partial charge in [-0.3, -0.25) is 9.59 Å². The number of fused-ring (bicyclic) bond motifs is 2. The lowest BCUT2D eigenvalue weighted by molar-refractivity contribution is 0.0978. The SMILES string of the molecule is CCc1cc(-c2ccccc2)cc2c1C(=O)c1ccccc1C2=O. The summed E-state index contributed by atoms with van der Waals surface area (Å²) in [5.74, 6) is -0.107. The van der Waals surface area contributed by atoms with Crippen molar-refractivity contribution in [2.75, 3.05) is 0 Å². The zero-order chi connectivity index (χ0) is 16.7. The minimum atomic E-state index is -0.0623. The molecule has 0 saturated heterocycles. The molecule has 0 unspecified atom stereocenters. The van der Waals surface area contributed by atoms with E-state index in [0.29, 0.717) is 28.7 Å². The topological polar surface area (TPSA) is 34.1 Å². The van der Waals surface area contributed by atoms with Crippen LogP contribution in [0.5, 0.6) is 0 Å². The molecule has 24 heavy (non-hydrogen) atoms. The van der Waals surface area contributed by atoms with Crippen LogP contribution in [-0.4, -0.2) is 11.6 Å². The fourth-order valence-corrected chi connectivity index (χ4v) is 3.38. The molecule has 0 spiro atoms. The van der Waals surface area contributed by atoms with E-state index >= 15 is 0 Å². The highest BCUT2D eigenvalue weighted by molar-refractivity contribution is 6.29. The number of ketones is 2. The third-order valence-corrected chi connectivity index (χ3v) is 4.60. The highest BCUT2D eigenvalue weighted by Gasteiger charge is 2.31. The zero-order valence-corrected chi connectivity index (χ0v) is 13.4. The summed E-state index contributed by atoms with van der Waals surface area (Å²) < 4.78 is 0. The van der Waals surface area contributed by atoms with Crippen molar-refractivity contribution in [3.8, 4) is 11.1 Å². The Bertz CT molecular complexity index is 969. The van der Waals surface area contributed by atoms with Gasteiger partial charge in [-0.1, -0.05) is 67.6 Å². The van der Waals surface area contributed by atoms with E-state index in [1.165, 1.54) is 0 Å². The van der Waals surface area contributed by atoms with Crippen LogP contribution in [0.15, 0.2) is 66.7 Å². The first kappa shape index (κ1) is 14.6. The Morgan fingerprint density at radius 1 is 0.667 bits per heavy atom. The smallest absolute Gasteiger partial charge is 0.194 e. The minimum absolute atomic E-state index is 0.0448. The maximum absolute atomic E-state index is 13.0. The number of benzene rings is 3. The van der Waals surface area contributed by atoms with Crippen molar-refractivity contribution in [1.82, 2.24) is 0 Å². The summed E-state index contributed by atoms with van der Waals surface area (Å²) in [4.78, 5) is 25.9. The molecule has 0 aromatic heterocycles. The lowest BCUT2D eigenvalue weighted by atomic mass is 9.80. The third-order valence-electron chi connectivity index (χ3n) is 4.60. The van der Waals surface area contributed by atoms with Gasteiger partial charge in [0.1, 0.15) is 0 Å². The van der Waals surface area contributed by atoms with Crippen molar-refractivity contribution >= 4 is 11.6 Å². The lowest BCUT2D eigenvalue weighted by Gasteiger charge is -2.21. The summed E-state index contributed by atoms with van der Waals surface area (Å²) in [7, 11) is 0. The molecular weight excluding hydrogens is 296 g/mol. The van der Waals surface area contributed by atoms with Crippen LogP contribution in [0, 0.1) is 0 Å². The molecule has 0 fully saturated rings. The van der Waals surface area contributed by atoms with Gasteiger partial charge in [0.05, 0.1) is 0 Å². The fourth-order valence-electron chi connectivity index (χ4n) is 3.38. The molecule has 0 atom stereocenters. The van der Waals surface area contributed by atoms with Crippen LogP contribution < -0.4 is 0 Å². The number of hydrogen-bond donors (Lipinski definition) is 0. The standard InChI is InChI=1S/C22H16O2/c1-2-14-12-16(15-8-4-3-5-9-15)13-19-20(14)22(24)18-11-7-6-10-17(18)21(19)23/h3-13H,2H2,1H3. The predicted molar refractivity (Wildman–Crippen MR) is 94.6 cm³/mol. The molecule has 3 aromatic carbocycles. The molecule has 3 aromatic rings. The zero-order valence-electron chi connectivity index (χ0n) is 13.4. The van der Waals surface area contributed by atoms with Crippen LogP contribution in [0.3, 0.4) is 0 Å².